The Hall–Kier alpha value is -4.50. The summed E-state index contributed by atoms with van der Waals surface area (Å²) in [6.45, 7) is 7.59. The summed E-state index contributed by atoms with van der Waals surface area (Å²) in [6, 6.07) is 19.3. The molecule has 0 amide bonds. The third-order valence-corrected chi connectivity index (χ3v) is 7.43. The summed E-state index contributed by atoms with van der Waals surface area (Å²) >= 11 is 1.22. The van der Waals surface area contributed by atoms with Crippen LogP contribution in [0.2, 0.25) is 0 Å². The van der Waals surface area contributed by atoms with Crippen molar-refractivity contribution in [3.05, 3.63) is 115 Å². The molecular weight excluding hydrogens is 540 g/mol. The summed E-state index contributed by atoms with van der Waals surface area (Å²) in [5.41, 5.74) is 2.31. The number of fused-ring (bicyclic) bond motifs is 1. The van der Waals surface area contributed by atoms with Crippen molar-refractivity contribution in [3.8, 4) is 11.3 Å². The molecule has 2 aromatic carbocycles. The molecule has 1 aliphatic heterocycles. The van der Waals surface area contributed by atoms with Crippen LogP contribution in [0.1, 0.15) is 61.8 Å². The van der Waals surface area contributed by atoms with Crippen LogP contribution >= 0.6 is 11.3 Å². The van der Waals surface area contributed by atoms with Gasteiger partial charge in [-0.05, 0) is 51.0 Å². The van der Waals surface area contributed by atoms with Crippen LogP contribution < -0.4 is 14.9 Å². The van der Waals surface area contributed by atoms with E-state index < -0.39 is 18.0 Å². The van der Waals surface area contributed by atoms with Gasteiger partial charge in [-0.1, -0.05) is 66.8 Å². The van der Waals surface area contributed by atoms with Crippen molar-refractivity contribution in [1.29, 1.82) is 0 Å². The second kappa shape index (κ2) is 11.9. The maximum atomic E-state index is 13.8. The Balaban J connectivity index is 1.57. The number of rotatable bonds is 8. The number of hydrogen-bond acceptors (Lipinski definition) is 8. The highest BCUT2D eigenvalue weighted by Crippen LogP contribution is 2.31. The van der Waals surface area contributed by atoms with Crippen molar-refractivity contribution in [2.24, 2.45) is 4.99 Å². The summed E-state index contributed by atoms with van der Waals surface area (Å²) in [6.07, 6.45) is 2.05. The van der Waals surface area contributed by atoms with E-state index in [2.05, 4.69) is 4.99 Å². The van der Waals surface area contributed by atoms with Gasteiger partial charge < -0.3 is 13.9 Å². The first-order valence-corrected chi connectivity index (χ1v) is 14.2. The normalized spacial score (nSPS) is 15.0. The molecule has 0 spiro atoms. The SMILES string of the molecule is CCCOC(=O)c1ccccc1-c1ccc(C=c2sc3n(c2=O)C(c2ccccc2)C(C(=O)OC(C)C)=C(C)N=3)o1. The zero-order valence-electron chi connectivity index (χ0n) is 23.2. The quantitative estimate of drug-likeness (QED) is 0.276. The van der Waals surface area contributed by atoms with E-state index in [1.165, 1.54) is 11.3 Å². The van der Waals surface area contributed by atoms with E-state index in [4.69, 9.17) is 13.9 Å². The number of ether oxygens (including phenoxy) is 2. The summed E-state index contributed by atoms with van der Waals surface area (Å²) in [5.74, 6) is -0.00816. The molecule has 3 heterocycles. The molecule has 0 bridgehead atoms. The number of furan rings is 1. The van der Waals surface area contributed by atoms with E-state index in [0.717, 1.165) is 12.0 Å². The third-order valence-electron chi connectivity index (χ3n) is 6.45. The Kier molecular flexibility index (Phi) is 8.16. The largest absolute Gasteiger partial charge is 0.462 e. The fourth-order valence-electron chi connectivity index (χ4n) is 4.66. The first-order valence-electron chi connectivity index (χ1n) is 13.4. The molecule has 1 aliphatic rings. The van der Waals surface area contributed by atoms with Gasteiger partial charge in [0.05, 0.1) is 40.1 Å². The molecule has 5 rings (SSSR count). The average molecular weight is 571 g/mol. The number of aromatic nitrogens is 1. The lowest BCUT2D eigenvalue weighted by Gasteiger charge is -2.25. The number of carbonyl (C=O) groups is 2. The van der Waals surface area contributed by atoms with Gasteiger partial charge in [0.2, 0.25) is 0 Å². The van der Waals surface area contributed by atoms with Crippen molar-refractivity contribution in [1.82, 2.24) is 4.57 Å². The highest BCUT2D eigenvalue weighted by atomic mass is 32.1. The number of thiazole rings is 1. The van der Waals surface area contributed by atoms with Crippen LogP contribution in [0, 0.1) is 0 Å². The predicted molar refractivity (Wildman–Crippen MR) is 156 cm³/mol. The van der Waals surface area contributed by atoms with E-state index in [1.807, 2.05) is 43.3 Å². The smallest absolute Gasteiger partial charge is 0.338 e. The van der Waals surface area contributed by atoms with Crippen LogP contribution in [0.4, 0.5) is 0 Å². The van der Waals surface area contributed by atoms with E-state index in [9.17, 15) is 14.4 Å². The molecule has 0 saturated carbocycles. The molecule has 8 nitrogen and oxygen atoms in total. The van der Waals surface area contributed by atoms with Crippen LogP contribution in [0.15, 0.2) is 92.2 Å². The molecule has 1 atom stereocenters. The second-order valence-corrected chi connectivity index (χ2v) is 10.8. The van der Waals surface area contributed by atoms with Gasteiger partial charge in [-0.15, -0.1) is 0 Å². The first kappa shape index (κ1) is 28.0. The molecule has 2 aromatic heterocycles. The van der Waals surface area contributed by atoms with Gasteiger partial charge in [0.1, 0.15) is 11.5 Å². The van der Waals surface area contributed by atoms with Gasteiger partial charge in [0.25, 0.3) is 5.56 Å². The molecule has 0 radical (unpaired) electrons. The first-order chi connectivity index (χ1) is 19.8. The zero-order valence-corrected chi connectivity index (χ0v) is 24.1. The summed E-state index contributed by atoms with van der Waals surface area (Å²) in [4.78, 5) is 44.7. The summed E-state index contributed by atoms with van der Waals surface area (Å²) in [7, 11) is 0. The minimum atomic E-state index is -0.686. The highest BCUT2D eigenvalue weighted by molar-refractivity contribution is 7.07. The Morgan fingerprint density at radius 3 is 2.51 bits per heavy atom. The Morgan fingerprint density at radius 2 is 1.78 bits per heavy atom. The molecule has 0 aliphatic carbocycles. The standard InChI is InChI=1S/C32H30N2O6S/c1-5-17-38-30(36)24-14-10-9-13-23(24)25-16-15-22(40-25)18-26-29(35)34-28(21-11-7-6-8-12-21)27(31(37)39-19(2)3)20(4)33-32(34)41-26/h6-16,18-19,28H,5,17H2,1-4H3. The molecule has 0 N–H and O–H groups in total. The Bertz CT molecular complexity index is 1810. The lowest BCUT2D eigenvalue weighted by molar-refractivity contribution is -0.143. The third kappa shape index (κ3) is 5.71. The van der Waals surface area contributed by atoms with Gasteiger partial charge >= 0.3 is 11.9 Å². The van der Waals surface area contributed by atoms with Crippen molar-refractivity contribution < 1.29 is 23.5 Å². The number of nitrogens with zero attached hydrogens (tertiary/aromatic N) is 2. The fourth-order valence-corrected chi connectivity index (χ4v) is 5.69. The molecule has 4 aromatic rings. The number of benzene rings is 2. The lowest BCUT2D eigenvalue weighted by Crippen LogP contribution is -2.40. The van der Waals surface area contributed by atoms with E-state index in [-0.39, 0.29) is 11.7 Å². The fraction of sp³-hybridized carbons (Fsp3) is 0.250. The summed E-state index contributed by atoms with van der Waals surface area (Å²) < 4.78 is 18.9. The van der Waals surface area contributed by atoms with E-state index in [0.29, 0.717) is 49.9 Å². The molecule has 0 fully saturated rings. The predicted octanol–water partition coefficient (Wildman–Crippen LogP) is 5.01. The topological polar surface area (TPSA) is 100 Å². The van der Waals surface area contributed by atoms with E-state index in [1.54, 1.807) is 61.7 Å². The monoisotopic (exact) mass is 570 g/mol. The van der Waals surface area contributed by atoms with Crippen molar-refractivity contribution in [2.45, 2.75) is 46.3 Å². The number of esters is 2. The zero-order chi connectivity index (χ0) is 29.1. The van der Waals surface area contributed by atoms with Crippen LogP contribution in [0.5, 0.6) is 0 Å². The molecule has 210 valence electrons. The number of carbonyl (C=O) groups excluding carboxylic acids is 2. The maximum absolute atomic E-state index is 13.8. The van der Waals surface area contributed by atoms with Gasteiger partial charge in [0, 0.05) is 11.6 Å². The summed E-state index contributed by atoms with van der Waals surface area (Å²) in [5, 5.41) is 0. The van der Waals surface area contributed by atoms with E-state index >= 15 is 0 Å². The van der Waals surface area contributed by atoms with Crippen molar-refractivity contribution >= 4 is 29.4 Å². The minimum Gasteiger partial charge on any atom is -0.462 e. The van der Waals surface area contributed by atoms with Crippen molar-refractivity contribution in [2.75, 3.05) is 6.61 Å². The molecule has 0 saturated heterocycles. The lowest BCUT2D eigenvalue weighted by atomic mass is 9.96. The van der Waals surface area contributed by atoms with Crippen molar-refractivity contribution in [3.63, 3.8) is 0 Å². The average Bonchev–Trinajstić information content (AvgIpc) is 3.55. The Morgan fingerprint density at radius 1 is 1.05 bits per heavy atom. The van der Waals surface area contributed by atoms with Crippen LogP contribution in [-0.2, 0) is 14.3 Å². The van der Waals surface area contributed by atoms with Crippen LogP contribution in [0.3, 0.4) is 0 Å². The molecular formula is C32H30N2O6S. The minimum absolute atomic E-state index is 0.300. The van der Waals surface area contributed by atoms with Gasteiger partial charge in [-0.3, -0.25) is 9.36 Å². The number of hydrogen-bond donors (Lipinski definition) is 0. The van der Waals surface area contributed by atoms with Gasteiger partial charge in [-0.25, -0.2) is 14.6 Å². The maximum Gasteiger partial charge on any atom is 0.338 e. The highest BCUT2D eigenvalue weighted by Gasteiger charge is 2.33. The molecule has 9 heteroatoms. The van der Waals surface area contributed by atoms with Gasteiger partial charge in [-0.2, -0.15) is 0 Å². The van der Waals surface area contributed by atoms with Crippen LogP contribution in [-0.4, -0.2) is 29.2 Å². The second-order valence-electron chi connectivity index (χ2n) is 9.83. The Labute approximate surface area is 240 Å². The molecule has 41 heavy (non-hydrogen) atoms. The number of allylic oxidation sites excluding steroid dienone is 1. The van der Waals surface area contributed by atoms with Gasteiger partial charge in [0.15, 0.2) is 4.80 Å². The molecule has 1 unspecified atom stereocenters. The van der Waals surface area contributed by atoms with Crippen LogP contribution in [0.25, 0.3) is 17.4 Å².